The highest BCUT2D eigenvalue weighted by molar-refractivity contribution is 8.15. The van der Waals surface area contributed by atoms with Crippen LogP contribution in [0.3, 0.4) is 0 Å². The highest BCUT2D eigenvalue weighted by Crippen LogP contribution is 2.25. The highest BCUT2D eigenvalue weighted by atomic mass is 32.2. The molecule has 1 atom stereocenters. The second kappa shape index (κ2) is 4.29. The third kappa shape index (κ3) is 2.27. The molecule has 1 aliphatic heterocycles. The van der Waals surface area contributed by atoms with E-state index in [1.807, 2.05) is 26.0 Å². The summed E-state index contributed by atoms with van der Waals surface area (Å²) in [6.45, 7) is 5.96. The van der Waals surface area contributed by atoms with E-state index in [1.54, 1.807) is 0 Å². The molecule has 16 heavy (non-hydrogen) atoms. The molecule has 1 aliphatic rings. The van der Waals surface area contributed by atoms with Gasteiger partial charge in [0.25, 0.3) is 0 Å². The smallest absolute Gasteiger partial charge is 0.239 e. The molecule has 1 heterocycles. The summed E-state index contributed by atoms with van der Waals surface area (Å²) >= 11 is 1.47. The predicted octanol–water partition coefficient (Wildman–Crippen LogP) is 2.54. The van der Waals surface area contributed by atoms with Gasteiger partial charge in [-0.25, -0.2) is 4.99 Å². The fourth-order valence-corrected chi connectivity index (χ4v) is 2.36. The zero-order valence-electron chi connectivity index (χ0n) is 9.57. The number of carbonyl (C=O) groups excluding carboxylic acids is 1. The maximum atomic E-state index is 11.3. The molecule has 0 spiro atoms. The van der Waals surface area contributed by atoms with Gasteiger partial charge in [0.05, 0.1) is 10.9 Å². The zero-order chi connectivity index (χ0) is 11.7. The molecule has 1 N–H and O–H groups in total. The first-order chi connectivity index (χ1) is 7.56. The lowest BCUT2D eigenvalue weighted by Crippen LogP contribution is -2.23. The topological polar surface area (TPSA) is 41.5 Å². The lowest BCUT2D eigenvalue weighted by molar-refractivity contribution is -0.118. The summed E-state index contributed by atoms with van der Waals surface area (Å²) in [6.07, 6.45) is 0. The number of nitrogens with zero attached hydrogens (tertiary/aromatic N) is 1. The molecule has 1 aromatic rings. The lowest BCUT2D eigenvalue weighted by Gasteiger charge is -2.02. The minimum atomic E-state index is -0.0375. The van der Waals surface area contributed by atoms with Gasteiger partial charge in [0.2, 0.25) is 5.91 Å². The Balaban J connectivity index is 2.27. The second-order valence-corrected chi connectivity index (χ2v) is 5.29. The molecule has 1 saturated heterocycles. The number of nitrogens with one attached hydrogen (secondary N) is 1. The summed E-state index contributed by atoms with van der Waals surface area (Å²) in [5.41, 5.74) is 3.27. The average Bonchev–Trinajstić information content (AvgIpc) is 2.51. The van der Waals surface area contributed by atoms with Crippen molar-refractivity contribution >= 4 is 28.5 Å². The van der Waals surface area contributed by atoms with Crippen LogP contribution in [0.25, 0.3) is 0 Å². The number of rotatable bonds is 1. The third-order valence-electron chi connectivity index (χ3n) is 2.46. The van der Waals surface area contributed by atoms with E-state index in [1.165, 1.54) is 17.3 Å². The number of aryl methyl sites for hydroxylation is 2. The molecule has 0 saturated carbocycles. The van der Waals surface area contributed by atoms with E-state index < -0.39 is 0 Å². The second-order valence-electron chi connectivity index (χ2n) is 3.96. The van der Waals surface area contributed by atoms with Crippen molar-refractivity contribution in [3.8, 4) is 0 Å². The fraction of sp³-hybridized carbons (Fsp3) is 0.333. The number of hydrogen-bond donors (Lipinski definition) is 1. The van der Waals surface area contributed by atoms with Crippen molar-refractivity contribution in [2.45, 2.75) is 26.0 Å². The molecule has 0 aromatic heterocycles. The first-order valence-corrected chi connectivity index (χ1v) is 6.07. The number of amidine groups is 1. The van der Waals surface area contributed by atoms with Crippen LogP contribution in [0.5, 0.6) is 0 Å². The van der Waals surface area contributed by atoms with Gasteiger partial charge in [0.1, 0.15) is 0 Å². The van der Waals surface area contributed by atoms with Crippen LogP contribution in [0, 0.1) is 13.8 Å². The van der Waals surface area contributed by atoms with Gasteiger partial charge in [0, 0.05) is 0 Å². The molecule has 1 amide bonds. The average molecular weight is 234 g/mol. The van der Waals surface area contributed by atoms with Crippen LogP contribution in [0.15, 0.2) is 23.2 Å². The summed E-state index contributed by atoms with van der Waals surface area (Å²) in [5, 5.41) is 3.43. The Labute approximate surface area is 99.3 Å². The standard InChI is InChI=1S/C12H14N2OS/c1-7-4-5-10(8(2)6-7)13-12-14-11(15)9(3)16-12/h4-6,9H,1-3H3,(H,13,14,15)/t9-/m1/s1. The molecule has 0 aliphatic carbocycles. The molecule has 1 aromatic carbocycles. The van der Waals surface area contributed by atoms with Gasteiger partial charge < -0.3 is 5.32 Å². The predicted molar refractivity (Wildman–Crippen MR) is 68.2 cm³/mol. The van der Waals surface area contributed by atoms with Crippen molar-refractivity contribution in [1.82, 2.24) is 5.32 Å². The van der Waals surface area contributed by atoms with Crippen molar-refractivity contribution in [2.75, 3.05) is 0 Å². The SMILES string of the molecule is Cc1ccc(N=C2NC(=O)[C@@H](C)S2)c(C)c1. The number of benzene rings is 1. The van der Waals surface area contributed by atoms with Crippen molar-refractivity contribution in [3.63, 3.8) is 0 Å². The Morgan fingerprint density at radius 1 is 1.38 bits per heavy atom. The first kappa shape index (κ1) is 11.2. The molecule has 4 heteroatoms. The maximum Gasteiger partial charge on any atom is 0.239 e. The minimum Gasteiger partial charge on any atom is -0.304 e. The Morgan fingerprint density at radius 2 is 2.12 bits per heavy atom. The van der Waals surface area contributed by atoms with E-state index in [4.69, 9.17) is 0 Å². The number of amides is 1. The highest BCUT2D eigenvalue weighted by Gasteiger charge is 2.25. The molecule has 0 unspecified atom stereocenters. The summed E-state index contributed by atoms with van der Waals surface area (Å²) < 4.78 is 0. The summed E-state index contributed by atoms with van der Waals surface area (Å²) in [7, 11) is 0. The van der Waals surface area contributed by atoms with Crippen LogP contribution in [0.1, 0.15) is 18.1 Å². The first-order valence-electron chi connectivity index (χ1n) is 5.20. The molecule has 0 bridgehead atoms. The van der Waals surface area contributed by atoms with Crippen molar-refractivity contribution in [1.29, 1.82) is 0 Å². The summed E-state index contributed by atoms with van der Waals surface area (Å²) in [4.78, 5) is 15.7. The van der Waals surface area contributed by atoms with E-state index in [0.29, 0.717) is 5.17 Å². The van der Waals surface area contributed by atoms with Gasteiger partial charge in [-0.05, 0) is 32.4 Å². The van der Waals surface area contributed by atoms with E-state index >= 15 is 0 Å². The maximum absolute atomic E-state index is 11.3. The van der Waals surface area contributed by atoms with Gasteiger partial charge >= 0.3 is 0 Å². The van der Waals surface area contributed by atoms with E-state index in [9.17, 15) is 4.79 Å². The van der Waals surface area contributed by atoms with Crippen LogP contribution in [0.2, 0.25) is 0 Å². The number of hydrogen-bond acceptors (Lipinski definition) is 3. The van der Waals surface area contributed by atoms with E-state index in [2.05, 4.69) is 23.3 Å². The van der Waals surface area contributed by atoms with E-state index in [0.717, 1.165) is 11.3 Å². The van der Waals surface area contributed by atoms with Crippen molar-refractivity contribution < 1.29 is 4.79 Å². The molecule has 2 rings (SSSR count). The quantitative estimate of drug-likeness (QED) is 0.811. The Morgan fingerprint density at radius 3 is 2.69 bits per heavy atom. The Hall–Kier alpha value is -1.29. The molecule has 3 nitrogen and oxygen atoms in total. The van der Waals surface area contributed by atoms with Crippen LogP contribution < -0.4 is 5.32 Å². The molecule has 0 radical (unpaired) electrons. The molecular weight excluding hydrogens is 220 g/mol. The minimum absolute atomic E-state index is 0.0357. The van der Waals surface area contributed by atoms with Gasteiger partial charge in [-0.3, -0.25) is 4.79 Å². The number of aliphatic imine (C=N–C) groups is 1. The van der Waals surface area contributed by atoms with Gasteiger partial charge in [-0.15, -0.1) is 0 Å². The largest absolute Gasteiger partial charge is 0.304 e. The monoisotopic (exact) mass is 234 g/mol. The Bertz CT molecular complexity index is 468. The van der Waals surface area contributed by atoms with Gasteiger partial charge in [-0.1, -0.05) is 29.5 Å². The van der Waals surface area contributed by atoms with E-state index in [-0.39, 0.29) is 11.2 Å². The van der Waals surface area contributed by atoms with Gasteiger partial charge in [-0.2, -0.15) is 0 Å². The van der Waals surface area contributed by atoms with Crippen LogP contribution in [0.4, 0.5) is 5.69 Å². The summed E-state index contributed by atoms with van der Waals surface area (Å²) in [5.74, 6) is 0.0357. The normalized spacial score (nSPS) is 22.6. The van der Waals surface area contributed by atoms with Crippen molar-refractivity contribution in [2.24, 2.45) is 4.99 Å². The van der Waals surface area contributed by atoms with Crippen LogP contribution in [-0.2, 0) is 4.79 Å². The molecule has 84 valence electrons. The lowest BCUT2D eigenvalue weighted by atomic mass is 10.1. The fourth-order valence-electron chi connectivity index (χ4n) is 1.55. The zero-order valence-corrected chi connectivity index (χ0v) is 10.4. The number of carbonyl (C=O) groups is 1. The third-order valence-corrected chi connectivity index (χ3v) is 3.45. The van der Waals surface area contributed by atoms with Gasteiger partial charge in [0.15, 0.2) is 5.17 Å². The van der Waals surface area contributed by atoms with Crippen LogP contribution >= 0.6 is 11.8 Å². The molecular formula is C12H14N2OS. The molecule has 1 fully saturated rings. The number of thioether (sulfide) groups is 1. The Kier molecular flexibility index (Phi) is 3.01. The van der Waals surface area contributed by atoms with Crippen LogP contribution in [-0.4, -0.2) is 16.3 Å². The van der Waals surface area contributed by atoms with Crippen molar-refractivity contribution in [3.05, 3.63) is 29.3 Å². The summed E-state index contributed by atoms with van der Waals surface area (Å²) in [6, 6.07) is 6.09.